The zero-order valence-electron chi connectivity index (χ0n) is 7.83. The number of hydrogen-bond donors (Lipinski definition) is 1. The molecular weight excluding hydrogens is 156 g/mol. The van der Waals surface area contributed by atoms with Gasteiger partial charge in [-0.05, 0) is 13.3 Å². The molecule has 0 heterocycles. The third kappa shape index (κ3) is 3.53. The molecular formula is C9H16O3. The Kier molecular flexibility index (Phi) is 5.37. The van der Waals surface area contributed by atoms with E-state index in [4.69, 9.17) is 9.84 Å². The molecule has 3 heteroatoms. The molecule has 70 valence electrons. The van der Waals surface area contributed by atoms with Crippen molar-refractivity contribution in [2.24, 2.45) is 0 Å². The number of hydrogen-bond acceptors (Lipinski definition) is 2. The molecule has 0 bridgehead atoms. The van der Waals surface area contributed by atoms with Gasteiger partial charge in [-0.25, -0.2) is 4.79 Å². The van der Waals surface area contributed by atoms with E-state index in [1.807, 2.05) is 6.92 Å². The van der Waals surface area contributed by atoms with E-state index in [-0.39, 0.29) is 6.10 Å². The number of aliphatic carboxylic acids is 1. The number of unbranched alkanes of at least 4 members (excludes halogenated alkanes) is 1. The van der Waals surface area contributed by atoms with E-state index in [2.05, 4.69) is 0 Å². The van der Waals surface area contributed by atoms with E-state index < -0.39 is 5.97 Å². The van der Waals surface area contributed by atoms with Crippen molar-refractivity contribution in [2.45, 2.75) is 32.8 Å². The van der Waals surface area contributed by atoms with Crippen LogP contribution in [0.2, 0.25) is 0 Å². The highest BCUT2D eigenvalue weighted by molar-refractivity contribution is 5.87. The second-order valence-corrected chi connectivity index (χ2v) is 2.63. The number of ether oxygens (including phenoxy) is 1. The highest BCUT2D eigenvalue weighted by Gasteiger charge is 2.14. The maximum atomic E-state index is 10.7. The molecule has 0 aliphatic carbocycles. The van der Waals surface area contributed by atoms with E-state index >= 15 is 0 Å². The van der Waals surface area contributed by atoms with Gasteiger partial charge < -0.3 is 9.84 Å². The monoisotopic (exact) mass is 172 g/mol. The summed E-state index contributed by atoms with van der Waals surface area (Å²) in [5, 5.41) is 8.75. The molecule has 0 radical (unpaired) electrons. The Morgan fingerprint density at radius 1 is 1.67 bits per heavy atom. The van der Waals surface area contributed by atoms with Gasteiger partial charge >= 0.3 is 5.97 Å². The Hall–Kier alpha value is -0.830. The van der Waals surface area contributed by atoms with Crippen LogP contribution in [0, 0.1) is 0 Å². The van der Waals surface area contributed by atoms with Crippen LogP contribution in [-0.4, -0.2) is 24.3 Å². The van der Waals surface area contributed by atoms with Crippen LogP contribution in [0.1, 0.15) is 26.7 Å². The number of allylic oxidation sites excluding steroid dienone is 1. The summed E-state index contributed by atoms with van der Waals surface area (Å²) in [7, 11) is 1.51. The third-order valence-corrected chi connectivity index (χ3v) is 1.69. The summed E-state index contributed by atoms with van der Waals surface area (Å²) < 4.78 is 4.92. The predicted molar refractivity (Wildman–Crippen MR) is 47.1 cm³/mol. The first kappa shape index (κ1) is 11.2. The average molecular weight is 172 g/mol. The summed E-state index contributed by atoms with van der Waals surface area (Å²) >= 11 is 0. The zero-order chi connectivity index (χ0) is 9.56. The quantitative estimate of drug-likeness (QED) is 0.643. The van der Waals surface area contributed by atoms with Gasteiger partial charge in [0, 0.05) is 7.11 Å². The zero-order valence-corrected chi connectivity index (χ0v) is 7.83. The van der Waals surface area contributed by atoms with Crippen LogP contribution < -0.4 is 0 Å². The van der Waals surface area contributed by atoms with Crippen molar-refractivity contribution in [3.63, 3.8) is 0 Å². The van der Waals surface area contributed by atoms with Crippen molar-refractivity contribution < 1.29 is 14.6 Å². The van der Waals surface area contributed by atoms with Crippen molar-refractivity contribution in [1.29, 1.82) is 0 Å². The smallest absolute Gasteiger partial charge is 0.333 e. The van der Waals surface area contributed by atoms with Crippen molar-refractivity contribution >= 4 is 5.97 Å². The number of carbonyl (C=O) groups is 1. The SMILES string of the molecule is CCCC=C(C(=O)O)C(C)OC. The van der Waals surface area contributed by atoms with Crippen molar-refractivity contribution in [3.05, 3.63) is 11.6 Å². The van der Waals surface area contributed by atoms with E-state index in [1.165, 1.54) is 7.11 Å². The summed E-state index contributed by atoms with van der Waals surface area (Å²) in [6, 6.07) is 0. The van der Waals surface area contributed by atoms with Crippen molar-refractivity contribution in [2.75, 3.05) is 7.11 Å². The molecule has 0 amide bonds. The highest BCUT2D eigenvalue weighted by Crippen LogP contribution is 2.07. The van der Waals surface area contributed by atoms with Crippen LogP contribution in [-0.2, 0) is 9.53 Å². The Morgan fingerprint density at radius 3 is 2.58 bits per heavy atom. The summed E-state index contributed by atoms with van der Waals surface area (Å²) in [6.45, 7) is 3.74. The number of carboxylic acid groups (broad SMARTS) is 1. The second-order valence-electron chi connectivity index (χ2n) is 2.63. The van der Waals surface area contributed by atoms with Crippen LogP contribution in [0.5, 0.6) is 0 Å². The minimum absolute atomic E-state index is 0.325. The summed E-state index contributed by atoms with van der Waals surface area (Å²) in [6.07, 6.45) is 3.13. The lowest BCUT2D eigenvalue weighted by molar-refractivity contribution is -0.133. The van der Waals surface area contributed by atoms with Gasteiger partial charge in [-0.3, -0.25) is 0 Å². The first-order chi connectivity index (χ1) is 5.63. The minimum atomic E-state index is -0.891. The van der Waals surface area contributed by atoms with E-state index in [0.717, 1.165) is 12.8 Å². The molecule has 0 fully saturated rings. The molecule has 0 rings (SSSR count). The van der Waals surface area contributed by atoms with E-state index in [9.17, 15) is 4.79 Å². The molecule has 0 aliphatic heterocycles. The lowest BCUT2D eigenvalue weighted by Crippen LogP contribution is -2.16. The van der Waals surface area contributed by atoms with Gasteiger partial charge in [0.05, 0.1) is 11.7 Å². The van der Waals surface area contributed by atoms with E-state index in [1.54, 1.807) is 13.0 Å². The van der Waals surface area contributed by atoms with Crippen LogP contribution in [0.4, 0.5) is 0 Å². The van der Waals surface area contributed by atoms with Crippen molar-refractivity contribution in [3.8, 4) is 0 Å². The topological polar surface area (TPSA) is 46.5 Å². The molecule has 1 N–H and O–H groups in total. The molecule has 1 unspecified atom stereocenters. The lowest BCUT2D eigenvalue weighted by atomic mass is 10.1. The summed E-state index contributed by atoms with van der Waals surface area (Å²) in [5.74, 6) is -0.891. The van der Waals surface area contributed by atoms with Gasteiger partial charge in [0.25, 0.3) is 0 Å². The molecule has 1 atom stereocenters. The third-order valence-electron chi connectivity index (χ3n) is 1.69. The highest BCUT2D eigenvalue weighted by atomic mass is 16.5. The lowest BCUT2D eigenvalue weighted by Gasteiger charge is -2.09. The van der Waals surface area contributed by atoms with Gasteiger partial charge in [0.15, 0.2) is 0 Å². The number of methoxy groups -OCH3 is 1. The molecule has 0 aromatic carbocycles. The summed E-state index contributed by atoms with van der Waals surface area (Å²) in [4.78, 5) is 10.7. The summed E-state index contributed by atoms with van der Waals surface area (Å²) in [5.41, 5.74) is 0.347. The minimum Gasteiger partial charge on any atom is -0.478 e. The van der Waals surface area contributed by atoms with E-state index in [0.29, 0.717) is 5.57 Å². The fourth-order valence-corrected chi connectivity index (χ4v) is 0.854. The molecule has 0 aliphatic rings. The maximum absolute atomic E-state index is 10.7. The molecule has 12 heavy (non-hydrogen) atoms. The Bertz CT molecular complexity index is 173. The van der Waals surface area contributed by atoms with Crippen LogP contribution >= 0.6 is 0 Å². The molecule has 0 aromatic rings. The van der Waals surface area contributed by atoms with Gasteiger partial charge in [0.1, 0.15) is 0 Å². The average Bonchev–Trinajstić information content (AvgIpc) is 2.04. The fourth-order valence-electron chi connectivity index (χ4n) is 0.854. The largest absolute Gasteiger partial charge is 0.478 e. The Balaban J connectivity index is 4.32. The first-order valence-electron chi connectivity index (χ1n) is 4.09. The predicted octanol–water partition coefficient (Wildman–Crippen LogP) is 1.83. The van der Waals surface area contributed by atoms with Gasteiger partial charge in [0.2, 0.25) is 0 Å². The number of carboxylic acids is 1. The maximum Gasteiger partial charge on any atom is 0.333 e. The number of rotatable bonds is 5. The molecule has 0 spiro atoms. The molecule has 0 aromatic heterocycles. The fraction of sp³-hybridized carbons (Fsp3) is 0.667. The molecule has 3 nitrogen and oxygen atoms in total. The molecule has 0 saturated heterocycles. The van der Waals surface area contributed by atoms with Crippen LogP contribution in [0.15, 0.2) is 11.6 Å². The van der Waals surface area contributed by atoms with Gasteiger partial charge in [-0.1, -0.05) is 19.4 Å². The van der Waals surface area contributed by atoms with Crippen molar-refractivity contribution in [1.82, 2.24) is 0 Å². The standard InChI is InChI=1S/C9H16O3/c1-4-5-6-8(9(10)11)7(2)12-3/h6-7H,4-5H2,1-3H3,(H,10,11). The Morgan fingerprint density at radius 2 is 2.25 bits per heavy atom. The second kappa shape index (κ2) is 5.77. The molecule has 0 saturated carbocycles. The normalized spacial score (nSPS) is 14.4. The van der Waals surface area contributed by atoms with Gasteiger partial charge in [-0.15, -0.1) is 0 Å². The first-order valence-corrected chi connectivity index (χ1v) is 4.09. The van der Waals surface area contributed by atoms with Crippen LogP contribution in [0.25, 0.3) is 0 Å². The van der Waals surface area contributed by atoms with Crippen LogP contribution in [0.3, 0.4) is 0 Å². The van der Waals surface area contributed by atoms with Gasteiger partial charge in [-0.2, -0.15) is 0 Å². The Labute approximate surface area is 73.0 Å².